The van der Waals surface area contributed by atoms with Crippen LogP contribution in [0.2, 0.25) is 0 Å². The Morgan fingerprint density at radius 1 is 1.71 bits per heavy atom. The average Bonchev–Trinajstić information content (AvgIpc) is 2.15. The van der Waals surface area contributed by atoms with Gasteiger partial charge >= 0.3 is 0 Å². The minimum atomic E-state index is 0.101. The molecule has 14 heavy (non-hydrogen) atoms. The lowest BCUT2D eigenvalue weighted by atomic mass is 10.1. The number of amides is 1. The highest BCUT2D eigenvalue weighted by molar-refractivity contribution is 14.1. The Morgan fingerprint density at radius 3 is 3.14 bits per heavy atom. The molecule has 0 aliphatic carbocycles. The third-order valence-electron chi connectivity index (χ3n) is 2.27. The molecule has 1 fully saturated rings. The molecule has 1 aliphatic rings. The minimum Gasteiger partial charge on any atom is -0.384 e. The Balaban J connectivity index is 2.18. The molecule has 0 aromatic carbocycles. The summed E-state index contributed by atoms with van der Waals surface area (Å²) in [5.74, 6) is 0.101. The number of carbonyl (C=O) groups is 1. The summed E-state index contributed by atoms with van der Waals surface area (Å²) in [6, 6.07) is 0.324. The van der Waals surface area contributed by atoms with Gasteiger partial charge in [0.25, 0.3) is 0 Å². The number of methoxy groups -OCH3 is 1. The van der Waals surface area contributed by atoms with Gasteiger partial charge in [-0.25, -0.2) is 3.11 Å². The van der Waals surface area contributed by atoms with Gasteiger partial charge in [0.15, 0.2) is 0 Å². The van der Waals surface area contributed by atoms with Crippen LogP contribution in [0, 0.1) is 0 Å². The number of nitrogens with one attached hydrogen (secondary N) is 1. The summed E-state index contributed by atoms with van der Waals surface area (Å²) in [5, 5.41) is 3.02. The van der Waals surface area contributed by atoms with E-state index in [0.717, 1.165) is 25.9 Å². The molecule has 0 saturated carbocycles. The van der Waals surface area contributed by atoms with E-state index in [4.69, 9.17) is 4.74 Å². The molecule has 0 bridgehead atoms. The normalized spacial score (nSPS) is 23.4. The van der Waals surface area contributed by atoms with Crippen molar-refractivity contribution < 1.29 is 9.53 Å². The molecule has 1 unspecified atom stereocenters. The van der Waals surface area contributed by atoms with Crippen LogP contribution in [0.5, 0.6) is 0 Å². The molecule has 1 aliphatic heterocycles. The largest absolute Gasteiger partial charge is 0.384 e. The number of ether oxygens (including phenoxy) is 1. The van der Waals surface area contributed by atoms with E-state index in [2.05, 4.69) is 31.3 Å². The summed E-state index contributed by atoms with van der Waals surface area (Å²) in [6.07, 6.45) is 2.73. The second-order valence-corrected chi connectivity index (χ2v) is 4.88. The van der Waals surface area contributed by atoms with Gasteiger partial charge in [-0.2, -0.15) is 0 Å². The summed E-state index contributed by atoms with van der Waals surface area (Å²) >= 11 is 2.30. The summed E-state index contributed by atoms with van der Waals surface area (Å²) in [6.45, 7) is 2.59. The molecule has 1 N–H and O–H groups in total. The van der Waals surface area contributed by atoms with Gasteiger partial charge in [0.2, 0.25) is 5.91 Å². The summed E-state index contributed by atoms with van der Waals surface area (Å²) in [5.41, 5.74) is 0. The van der Waals surface area contributed by atoms with Crippen molar-refractivity contribution in [1.82, 2.24) is 8.43 Å². The van der Waals surface area contributed by atoms with Gasteiger partial charge in [-0.3, -0.25) is 4.79 Å². The first-order chi connectivity index (χ1) is 6.72. The van der Waals surface area contributed by atoms with Gasteiger partial charge < -0.3 is 10.1 Å². The molecule has 0 aromatic rings. The minimum absolute atomic E-state index is 0.101. The number of rotatable bonds is 4. The molecule has 1 atom stereocenters. The predicted octanol–water partition coefficient (Wildman–Crippen LogP) is 0.954. The fourth-order valence-corrected chi connectivity index (χ4v) is 2.36. The molecule has 1 heterocycles. The molecular weight excluding hydrogens is 295 g/mol. The third-order valence-corrected chi connectivity index (χ3v) is 3.15. The van der Waals surface area contributed by atoms with Crippen LogP contribution < -0.4 is 5.32 Å². The lowest BCUT2D eigenvalue weighted by Crippen LogP contribution is -2.44. The Morgan fingerprint density at radius 2 is 2.50 bits per heavy atom. The summed E-state index contributed by atoms with van der Waals surface area (Å²) in [4.78, 5) is 11.4. The van der Waals surface area contributed by atoms with Crippen LogP contribution >= 0.6 is 22.9 Å². The van der Waals surface area contributed by atoms with E-state index in [1.807, 2.05) is 0 Å². The second kappa shape index (κ2) is 6.58. The molecule has 4 nitrogen and oxygen atoms in total. The zero-order valence-corrected chi connectivity index (χ0v) is 10.6. The SMILES string of the molecule is COCCC(=O)NC1CCCN(I)C1. The Labute approximate surface area is 98.9 Å². The molecule has 1 saturated heterocycles. The van der Waals surface area contributed by atoms with Crippen molar-refractivity contribution in [3.8, 4) is 0 Å². The smallest absolute Gasteiger partial charge is 0.222 e. The Kier molecular flexibility index (Phi) is 5.73. The van der Waals surface area contributed by atoms with E-state index in [0.29, 0.717) is 19.1 Å². The molecule has 82 valence electrons. The maximum atomic E-state index is 11.4. The van der Waals surface area contributed by atoms with Gasteiger partial charge in [-0.05, 0) is 12.8 Å². The zero-order chi connectivity index (χ0) is 10.4. The van der Waals surface area contributed by atoms with Crippen LogP contribution in [0.3, 0.4) is 0 Å². The Bertz CT molecular complexity index is 190. The second-order valence-electron chi connectivity index (χ2n) is 3.52. The third kappa shape index (κ3) is 4.56. The van der Waals surface area contributed by atoms with Crippen molar-refractivity contribution >= 4 is 28.8 Å². The van der Waals surface area contributed by atoms with E-state index in [-0.39, 0.29) is 5.91 Å². The van der Waals surface area contributed by atoms with E-state index in [1.165, 1.54) is 0 Å². The predicted molar refractivity (Wildman–Crippen MR) is 63.3 cm³/mol. The molecule has 5 heteroatoms. The number of hydrogen-bond donors (Lipinski definition) is 1. The van der Waals surface area contributed by atoms with Gasteiger partial charge in [-0.15, -0.1) is 0 Å². The van der Waals surface area contributed by atoms with E-state index >= 15 is 0 Å². The van der Waals surface area contributed by atoms with Crippen molar-refractivity contribution in [1.29, 1.82) is 0 Å². The number of hydrogen-bond acceptors (Lipinski definition) is 3. The zero-order valence-electron chi connectivity index (χ0n) is 8.46. The molecule has 0 radical (unpaired) electrons. The van der Waals surface area contributed by atoms with E-state index in [1.54, 1.807) is 7.11 Å². The lowest BCUT2D eigenvalue weighted by Gasteiger charge is -2.28. The van der Waals surface area contributed by atoms with Crippen molar-refractivity contribution in [3.63, 3.8) is 0 Å². The summed E-state index contributed by atoms with van der Waals surface area (Å²) in [7, 11) is 1.61. The highest BCUT2D eigenvalue weighted by atomic mass is 127. The molecule has 0 spiro atoms. The number of piperidine rings is 1. The van der Waals surface area contributed by atoms with E-state index in [9.17, 15) is 4.79 Å². The molecular formula is C9H17IN2O2. The average molecular weight is 312 g/mol. The van der Waals surface area contributed by atoms with Crippen molar-refractivity contribution in [3.05, 3.63) is 0 Å². The maximum absolute atomic E-state index is 11.4. The van der Waals surface area contributed by atoms with Crippen LogP contribution in [0.25, 0.3) is 0 Å². The van der Waals surface area contributed by atoms with Crippen LogP contribution in [0.4, 0.5) is 0 Å². The first kappa shape index (κ1) is 12.2. The van der Waals surface area contributed by atoms with Gasteiger partial charge in [0.05, 0.1) is 6.61 Å². The van der Waals surface area contributed by atoms with Crippen LogP contribution in [0.1, 0.15) is 19.3 Å². The van der Waals surface area contributed by atoms with Crippen molar-refractivity contribution in [2.75, 3.05) is 26.8 Å². The van der Waals surface area contributed by atoms with Gasteiger partial charge in [0, 0.05) is 55.5 Å². The highest BCUT2D eigenvalue weighted by Gasteiger charge is 2.19. The fourth-order valence-electron chi connectivity index (χ4n) is 1.54. The lowest BCUT2D eigenvalue weighted by molar-refractivity contribution is -0.122. The van der Waals surface area contributed by atoms with E-state index < -0.39 is 0 Å². The standard InChI is InChI=1S/C9H17IN2O2/c1-14-6-4-9(13)11-8-3-2-5-12(10)7-8/h8H,2-7H2,1H3,(H,11,13). The first-order valence-electron chi connectivity index (χ1n) is 4.91. The van der Waals surface area contributed by atoms with Crippen LogP contribution in [-0.4, -0.2) is 41.9 Å². The topological polar surface area (TPSA) is 41.6 Å². The van der Waals surface area contributed by atoms with Gasteiger partial charge in [-0.1, -0.05) is 0 Å². The fraction of sp³-hybridized carbons (Fsp3) is 0.889. The first-order valence-corrected chi connectivity index (χ1v) is 5.88. The number of carbonyl (C=O) groups excluding carboxylic acids is 1. The number of nitrogens with zero attached hydrogens (tertiary/aromatic N) is 1. The molecule has 0 aromatic heterocycles. The molecule has 1 amide bonds. The summed E-state index contributed by atoms with van der Waals surface area (Å²) < 4.78 is 7.07. The van der Waals surface area contributed by atoms with Crippen LogP contribution in [-0.2, 0) is 9.53 Å². The molecule has 1 rings (SSSR count). The van der Waals surface area contributed by atoms with Crippen LogP contribution in [0.15, 0.2) is 0 Å². The monoisotopic (exact) mass is 312 g/mol. The van der Waals surface area contributed by atoms with Crippen molar-refractivity contribution in [2.24, 2.45) is 0 Å². The van der Waals surface area contributed by atoms with Gasteiger partial charge in [0.1, 0.15) is 0 Å². The van der Waals surface area contributed by atoms with Crippen molar-refractivity contribution in [2.45, 2.75) is 25.3 Å². The maximum Gasteiger partial charge on any atom is 0.222 e. The highest BCUT2D eigenvalue weighted by Crippen LogP contribution is 2.13. The Hall–Kier alpha value is 0.120. The number of halogens is 1. The quantitative estimate of drug-likeness (QED) is 0.621.